The van der Waals surface area contributed by atoms with Gasteiger partial charge in [-0.05, 0) is 30.2 Å². The highest BCUT2D eigenvalue weighted by atomic mass is 35.5. The predicted octanol–water partition coefficient (Wildman–Crippen LogP) is 3.71. The Morgan fingerprint density at radius 2 is 2.11 bits per heavy atom. The first kappa shape index (κ1) is 15.9. The van der Waals surface area contributed by atoms with E-state index in [0.29, 0.717) is 12.6 Å². The highest BCUT2D eigenvalue weighted by Crippen LogP contribution is 2.28. The van der Waals surface area contributed by atoms with Crippen LogP contribution in [0.3, 0.4) is 0 Å². The Morgan fingerprint density at radius 3 is 2.68 bits per heavy atom. The van der Waals surface area contributed by atoms with Crippen molar-refractivity contribution in [3.05, 3.63) is 34.9 Å². The molecule has 19 heavy (non-hydrogen) atoms. The Labute approximate surface area is 120 Å². The fourth-order valence-corrected chi connectivity index (χ4v) is 1.55. The van der Waals surface area contributed by atoms with Crippen molar-refractivity contribution in [2.24, 2.45) is 0 Å². The molecule has 0 fully saturated rings. The van der Waals surface area contributed by atoms with Gasteiger partial charge in [0.15, 0.2) is 11.5 Å². The van der Waals surface area contributed by atoms with Crippen molar-refractivity contribution in [2.75, 3.05) is 13.7 Å². The average Bonchev–Trinajstić information content (AvgIpc) is 2.42. The number of nitrogens with one attached hydrogen (secondary N) is 1. The van der Waals surface area contributed by atoms with Crippen LogP contribution in [0.4, 0.5) is 0 Å². The van der Waals surface area contributed by atoms with Crippen LogP contribution < -0.4 is 14.8 Å². The second kappa shape index (κ2) is 8.08. The second-order valence-corrected chi connectivity index (χ2v) is 4.98. The zero-order valence-corrected chi connectivity index (χ0v) is 12.8. The first-order valence-corrected chi connectivity index (χ1v) is 6.79. The fraction of sp³-hybridized carbons (Fsp3) is 0.467. The molecule has 1 aromatic rings. The first-order chi connectivity index (χ1) is 9.06. The maximum absolute atomic E-state index is 5.72. The normalized spacial score (nSPS) is 11.8. The molecule has 0 aliphatic heterocycles. The molecular weight excluding hydrogens is 262 g/mol. The minimum absolute atomic E-state index is 0.452. The van der Waals surface area contributed by atoms with E-state index in [9.17, 15) is 0 Å². The number of hydrogen-bond acceptors (Lipinski definition) is 3. The summed E-state index contributed by atoms with van der Waals surface area (Å²) >= 11 is 5.62. The van der Waals surface area contributed by atoms with E-state index in [1.54, 1.807) is 7.11 Å². The Balaban J connectivity index is 2.77. The standard InChI is InChI=1S/C15H22ClNO2/c1-11(2)17-9-13-5-6-14(18-4)15(7-13)19-10-12(3)8-16/h5-8,11,17H,9-10H2,1-4H3/b12-8+. The molecule has 1 aromatic carbocycles. The van der Waals surface area contributed by atoms with Gasteiger partial charge in [0, 0.05) is 18.1 Å². The smallest absolute Gasteiger partial charge is 0.161 e. The molecule has 1 rings (SSSR count). The van der Waals surface area contributed by atoms with Gasteiger partial charge in [0.2, 0.25) is 0 Å². The van der Waals surface area contributed by atoms with Crippen LogP contribution in [0.15, 0.2) is 29.3 Å². The topological polar surface area (TPSA) is 30.5 Å². The van der Waals surface area contributed by atoms with Crippen LogP contribution in [0.2, 0.25) is 0 Å². The lowest BCUT2D eigenvalue weighted by Gasteiger charge is -2.13. The van der Waals surface area contributed by atoms with Crippen molar-refractivity contribution in [3.63, 3.8) is 0 Å². The number of ether oxygens (including phenoxy) is 2. The molecule has 106 valence electrons. The van der Waals surface area contributed by atoms with Gasteiger partial charge < -0.3 is 14.8 Å². The van der Waals surface area contributed by atoms with Crippen LogP contribution in [-0.2, 0) is 6.54 Å². The molecule has 0 aliphatic carbocycles. The van der Waals surface area contributed by atoms with Crippen LogP contribution in [-0.4, -0.2) is 19.8 Å². The average molecular weight is 284 g/mol. The number of methoxy groups -OCH3 is 1. The first-order valence-electron chi connectivity index (χ1n) is 6.35. The van der Waals surface area contributed by atoms with Crippen LogP contribution in [0.25, 0.3) is 0 Å². The van der Waals surface area contributed by atoms with Gasteiger partial charge in [0.05, 0.1) is 7.11 Å². The van der Waals surface area contributed by atoms with Gasteiger partial charge in [-0.1, -0.05) is 31.5 Å². The van der Waals surface area contributed by atoms with Crippen LogP contribution in [0.1, 0.15) is 26.3 Å². The molecule has 0 saturated carbocycles. The van der Waals surface area contributed by atoms with E-state index in [2.05, 4.69) is 19.2 Å². The number of benzene rings is 1. The Hall–Kier alpha value is -1.19. The molecule has 0 unspecified atom stereocenters. The largest absolute Gasteiger partial charge is 0.493 e. The monoisotopic (exact) mass is 283 g/mol. The SMILES string of the molecule is COc1ccc(CNC(C)C)cc1OC/C(C)=C/Cl. The lowest BCUT2D eigenvalue weighted by atomic mass is 10.2. The minimum Gasteiger partial charge on any atom is -0.493 e. The van der Waals surface area contributed by atoms with E-state index in [1.807, 2.05) is 25.1 Å². The molecule has 4 heteroatoms. The molecule has 0 heterocycles. The van der Waals surface area contributed by atoms with Crippen molar-refractivity contribution in [2.45, 2.75) is 33.4 Å². The van der Waals surface area contributed by atoms with Crippen molar-refractivity contribution in [3.8, 4) is 11.5 Å². The van der Waals surface area contributed by atoms with Gasteiger partial charge in [-0.2, -0.15) is 0 Å². The molecule has 0 bridgehead atoms. The van der Waals surface area contributed by atoms with Gasteiger partial charge in [0.25, 0.3) is 0 Å². The predicted molar refractivity (Wildman–Crippen MR) is 80.1 cm³/mol. The highest BCUT2D eigenvalue weighted by molar-refractivity contribution is 6.25. The van der Waals surface area contributed by atoms with Gasteiger partial charge in [0.1, 0.15) is 6.61 Å². The molecule has 0 atom stereocenters. The minimum atomic E-state index is 0.452. The second-order valence-electron chi connectivity index (χ2n) is 4.76. The summed E-state index contributed by atoms with van der Waals surface area (Å²) in [6.45, 7) is 7.43. The Kier molecular flexibility index (Phi) is 6.74. The zero-order chi connectivity index (χ0) is 14.3. The van der Waals surface area contributed by atoms with Crippen molar-refractivity contribution >= 4 is 11.6 Å². The molecule has 3 nitrogen and oxygen atoms in total. The van der Waals surface area contributed by atoms with E-state index in [1.165, 1.54) is 5.54 Å². The third-order valence-electron chi connectivity index (χ3n) is 2.58. The van der Waals surface area contributed by atoms with E-state index >= 15 is 0 Å². The number of halogens is 1. The van der Waals surface area contributed by atoms with Gasteiger partial charge >= 0.3 is 0 Å². The lowest BCUT2D eigenvalue weighted by Crippen LogP contribution is -2.21. The quantitative estimate of drug-likeness (QED) is 0.827. The van der Waals surface area contributed by atoms with E-state index in [-0.39, 0.29) is 0 Å². The maximum Gasteiger partial charge on any atom is 0.161 e. The summed E-state index contributed by atoms with van der Waals surface area (Å²) in [5, 5.41) is 3.37. The Bertz CT molecular complexity index is 430. The summed E-state index contributed by atoms with van der Waals surface area (Å²) in [5.74, 6) is 1.47. The molecule has 0 aliphatic rings. The van der Waals surface area contributed by atoms with Gasteiger partial charge in [-0.3, -0.25) is 0 Å². The van der Waals surface area contributed by atoms with Gasteiger partial charge in [-0.25, -0.2) is 0 Å². The molecule has 0 aromatic heterocycles. The van der Waals surface area contributed by atoms with E-state index in [4.69, 9.17) is 21.1 Å². The molecule has 0 amide bonds. The van der Waals surface area contributed by atoms with Crippen LogP contribution >= 0.6 is 11.6 Å². The maximum atomic E-state index is 5.72. The van der Waals surface area contributed by atoms with E-state index < -0.39 is 0 Å². The summed E-state index contributed by atoms with van der Waals surface area (Å²) in [5.41, 5.74) is 3.66. The third kappa shape index (κ3) is 5.53. The number of rotatable bonds is 7. The summed E-state index contributed by atoms with van der Waals surface area (Å²) in [6.07, 6.45) is 0. The van der Waals surface area contributed by atoms with Crippen molar-refractivity contribution in [1.82, 2.24) is 5.32 Å². The summed E-state index contributed by atoms with van der Waals surface area (Å²) in [4.78, 5) is 0. The zero-order valence-electron chi connectivity index (χ0n) is 12.0. The van der Waals surface area contributed by atoms with Crippen molar-refractivity contribution in [1.29, 1.82) is 0 Å². The Morgan fingerprint density at radius 1 is 1.37 bits per heavy atom. The van der Waals surface area contributed by atoms with Crippen LogP contribution in [0, 0.1) is 0 Å². The molecule has 0 radical (unpaired) electrons. The number of hydrogen-bond donors (Lipinski definition) is 1. The molecular formula is C15H22ClNO2. The summed E-state index contributed by atoms with van der Waals surface area (Å²) in [7, 11) is 1.64. The van der Waals surface area contributed by atoms with Crippen LogP contribution in [0.5, 0.6) is 11.5 Å². The third-order valence-corrected chi connectivity index (χ3v) is 2.96. The van der Waals surface area contributed by atoms with E-state index in [0.717, 1.165) is 29.2 Å². The highest BCUT2D eigenvalue weighted by Gasteiger charge is 2.06. The fourth-order valence-electron chi connectivity index (χ4n) is 1.49. The molecule has 1 N–H and O–H groups in total. The molecule has 0 spiro atoms. The lowest BCUT2D eigenvalue weighted by molar-refractivity contribution is 0.319. The van der Waals surface area contributed by atoms with Gasteiger partial charge in [-0.15, -0.1) is 0 Å². The summed E-state index contributed by atoms with van der Waals surface area (Å²) in [6, 6.07) is 6.40. The summed E-state index contributed by atoms with van der Waals surface area (Å²) < 4.78 is 11.0. The molecule has 0 saturated heterocycles. The van der Waals surface area contributed by atoms with Crippen molar-refractivity contribution < 1.29 is 9.47 Å².